The average molecular weight is 376 g/mol. The van der Waals surface area contributed by atoms with Crippen LogP contribution in [0.25, 0.3) is 22.6 Å². The molecule has 27 heavy (non-hydrogen) atoms. The highest BCUT2D eigenvalue weighted by atomic mass is 32.1. The second-order valence-electron chi connectivity index (χ2n) is 5.78. The van der Waals surface area contributed by atoms with Crippen molar-refractivity contribution in [3.05, 3.63) is 71.3 Å². The Labute approximate surface area is 159 Å². The molecular formula is C20H16N4O2S. The summed E-state index contributed by atoms with van der Waals surface area (Å²) in [6.45, 7) is 0. The molecule has 1 amide bonds. The molecule has 0 radical (unpaired) electrons. The molecule has 2 heterocycles. The van der Waals surface area contributed by atoms with Gasteiger partial charge >= 0.3 is 0 Å². The number of ether oxygens (including phenoxy) is 1. The minimum Gasteiger partial charge on any atom is -0.497 e. The van der Waals surface area contributed by atoms with Gasteiger partial charge in [0.25, 0.3) is 5.91 Å². The number of nitrogens with zero attached hydrogens (tertiary/aromatic N) is 2. The molecular weight excluding hydrogens is 360 g/mol. The molecule has 0 unspecified atom stereocenters. The number of imidazole rings is 1. The number of amides is 1. The minimum absolute atomic E-state index is 0.220. The molecule has 0 saturated heterocycles. The number of aromatic amines is 1. The summed E-state index contributed by atoms with van der Waals surface area (Å²) in [7, 11) is 1.65. The topological polar surface area (TPSA) is 79.9 Å². The molecule has 0 aliphatic carbocycles. The number of H-pyrrole nitrogens is 1. The van der Waals surface area contributed by atoms with Crippen molar-refractivity contribution in [1.82, 2.24) is 15.0 Å². The molecule has 0 atom stereocenters. The summed E-state index contributed by atoms with van der Waals surface area (Å²) in [5.41, 5.74) is 5.59. The van der Waals surface area contributed by atoms with Crippen LogP contribution in [0, 0.1) is 0 Å². The molecule has 2 N–H and O–H groups in total. The predicted molar refractivity (Wildman–Crippen MR) is 106 cm³/mol. The van der Waals surface area contributed by atoms with Crippen molar-refractivity contribution in [2.24, 2.45) is 0 Å². The lowest BCUT2D eigenvalue weighted by atomic mass is 10.1. The number of benzene rings is 2. The van der Waals surface area contributed by atoms with E-state index in [0.29, 0.717) is 11.4 Å². The number of hydrogen-bond donors (Lipinski definition) is 2. The first-order chi connectivity index (χ1) is 13.2. The Morgan fingerprint density at radius 1 is 1.11 bits per heavy atom. The lowest BCUT2D eigenvalue weighted by Gasteiger charge is -2.04. The fourth-order valence-electron chi connectivity index (χ4n) is 2.64. The summed E-state index contributed by atoms with van der Waals surface area (Å²) >= 11 is 1.39. The van der Waals surface area contributed by atoms with Crippen LogP contribution in [0.5, 0.6) is 5.75 Å². The summed E-state index contributed by atoms with van der Waals surface area (Å²) in [6.07, 6.45) is 1.79. The van der Waals surface area contributed by atoms with Gasteiger partial charge in [-0.15, -0.1) is 11.3 Å². The molecule has 2 aromatic heterocycles. The summed E-state index contributed by atoms with van der Waals surface area (Å²) in [6, 6.07) is 15.3. The third kappa shape index (κ3) is 3.73. The van der Waals surface area contributed by atoms with Crippen molar-refractivity contribution in [3.63, 3.8) is 0 Å². The smallest absolute Gasteiger partial charge is 0.275 e. The summed E-state index contributed by atoms with van der Waals surface area (Å²) in [5, 5.41) is 4.54. The molecule has 0 aliphatic heterocycles. The Kier molecular flexibility index (Phi) is 4.67. The van der Waals surface area contributed by atoms with Crippen LogP contribution in [-0.4, -0.2) is 28.0 Å². The second-order valence-corrected chi connectivity index (χ2v) is 6.50. The van der Waals surface area contributed by atoms with E-state index in [2.05, 4.69) is 20.3 Å². The summed E-state index contributed by atoms with van der Waals surface area (Å²) in [4.78, 5) is 23.8. The van der Waals surface area contributed by atoms with Gasteiger partial charge < -0.3 is 15.0 Å². The van der Waals surface area contributed by atoms with Crippen LogP contribution >= 0.6 is 11.3 Å². The number of methoxy groups -OCH3 is 1. The monoisotopic (exact) mass is 376 g/mol. The number of thiazole rings is 1. The van der Waals surface area contributed by atoms with Crippen LogP contribution in [0.3, 0.4) is 0 Å². The first-order valence-corrected chi connectivity index (χ1v) is 9.16. The van der Waals surface area contributed by atoms with Crippen molar-refractivity contribution >= 4 is 22.9 Å². The van der Waals surface area contributed by atoms with Gasteiger partial charge in [0, 0.05) is 22.2 Å². The third-order valence-electron chi connectivity index (χ3n) is 4.04. The first kappa shape index (κ1) is 17.0. The van der Waals surface area contributed by atoms with E-state index in [4.69, 9.17) is 4.74 Å². The van der Waals surface area contributed by atoms with Crippen LogP contribution < -0.4 is 10.1 Å². The normalized spacial score (nSPS) is 10.6. The first-order valence-electron chi connectivity index (χ1n) is 8.22. The van der Waals surface area contributed by atoms with Crippen molar-refractivity contribution in [3.8, 4) is 28.4 Å². The summed E-state index contributed by atoms with van der Waals surface area (Å²) in [5.74, 6) is 1.33. The van der Waals surface area contributed by atoms with Gasteiger partial charge in [0.05, 0.1) is 24.5 Å². The predicted octanol–water partition coefficient (Wildman–Crippen LogP) is 4.46. The Hall–Kier alpha value is -3.45. The van der Waals surface area contributed by atoms with E-state index < -0.39 is 0 Å². The van der Waals surface area contributed by atoms with Crippen molar-refractivity contribution < 1.29 is 9.53 Å². The second kappa shape index (κ2) is 7.43. The number of rotatable bonds is 5. The fourth-order valence-corrected chi connectivity index (χ4v) is 3.17. The Balaban J connectivity index is 1.51. The van der Waals surface area contributed by atoms with E-state index >= 15 is 0 Å². The molecule has 4 rings (SSSR count). The van der Waals surface area contributed by atoms with Crippen molar-refractivity contribution in [2.45, 2.75) is 0 Å². The largest absolute Gasteiger partial charge is 0.497 e. The quantitative estimate of drug-likeness (QED) is 0.539. The molecule has 7 heteroatoms. The molecule has 6 nitrogen and oxygen atoms in total. The molecule has 4 aromatic rings. The highest BCUT2D eigenvalue weighted by molar-refractivity contribution is 7.07. The van der Waals surface area contributed by atoms with Crippen LogP contribution in [0.2, 0.25) is 0 Å². The maximum atomic E-state index is 12.0. The van der Waals surface area contributed by atoms with Crippen LogP contribution in [0.1, 0.15) is 10.5 Å². The van der Waals surface area contributed by atoms with Crippen LogP contribution in [0.15, 0.2) is 65.6 Å². The van der Waals surface area contributed by atoms with Gasteiger partial charge in [0.15, 0.2) is 0 Å². The zero-order valence-electron chi connectivity index (χ0n) is 14.5. The van der Waals surface area contributed by atoms with Crippen LogP contribution in [-0.2, 0) is 0 Å². The average Bonchev–Trinajstić information content (AvgIpc) is 3.41. The Morgan fingerprint density at radius 3 is 2.70 bits per heavy atom. The van der Waals surface area contributed by atoms with E-state index in [1.165, 1.54) is 11.3 Å². The van der Waals surface area contributed by atoms with Gasteiger partial charge in [0.2, 0.25) is 0 Å². The van der Waals surface area contributed by atoms with E-state index in [1.54, 1.807) is 24.2 Å². The molecule has 134 valence electrons. The fraction of sp³-hybridized carbons (Fsp3) is 0.0500. The van der Waals surface area contributed by atoms with Gasteiger partial charge in [-0.25, -0.2) is 9.97 Å². The zero-order chi connectivity index (χ0) is 18.6. The van der Waals surface area contributed by atoms with Gasteiger partial charge in [0.1, 0.15) is 17.3 Å². The van der Waals surface area contributed by atoms with E-state index in [0.717, 1.165) is 28.4 Å². The van der Waals surface area contributed by atoms with Crippen LogP contribution in [0.4, 0.5) is 5.69 Å². The van der Waals surface area contributed by atoms with E-state index in [1.807, 2.05) is 48.5 Å². The SMILES string of the molecule is COc1cccc(-c2cnc(-c3ccc(NC(=O)c4cscn4)cc3)[nH]2)c1. The molecule has 0 spiro atoms. The molecule has 0 bridgehead atoms. The lowest BCUT2D eigenvalue weighted by Crippen LogP contribution is -2.11. The highest BCUT2D eigenvalue weighted by Crippen LogP contribution is 2.25. The number of anilines is 1. The van der Waals surface area contributed by atoms with Gasteiger partial charge in [-0.2, -0.15) is 0 Å². The Bertz CT molecular complexity index is 1060. The van der Waals surface area contributed by atoms with E-state index in [-0.39, 0.29) is 5.91 Å². The maximum Gasteiger partial charge on any atom is 0.275 e. The number of hydrogen-bond acceptors (Lipinski definition) is 5. The van der Waals surface area contributed by atoms with Gasteiger partial charge in [-0.1, -0.05) is 12.1 Å². The molecule has 0 aliphatic rings. The number of nitrogens with one attached hydrogen (secondary N) is 2. The highest BCUT2D eigenvalue weighted by Gasteiger charge is 2.09. The van der Waals surface area contributed by atoms with Crippen molar-refractivity contribution in [1.29, 1.82) is 0 Å². The van der Waals surface area contributed by atoms with Gasteiger partial charge in [-0.3, -0.25) is 4.79 Å². The minimum atomic E-state index is -0.220. The molecule has 0 saturated carbocycles. The maximum absolute atomic E-state index is 12.0. The van der Waals surface area contributed by atoms with E-state index in [9.17, 15) is 4.79 Å². The molecule has 0 fully saturated rings. The number of aromatic nitrogens is 3. The Morgan fingerprint density at radius 2 is 1.96 bits per heavy atom. The standard InChI is InChI=1S/C20H16N4O2S/c1-26-16-4-2-3-14(9-16)17-10-21-19(24-17)13-5-7-15(8-6-13)23-20(25)18-11-27-12-22-18/h2-12H,1H3,(H,21,24)(H,23,25). The van der Waals surface area contributed by atoms with Gasteiger partial charge in [-0.05, 0) is 36.4 Å². The number of carbonyl (C=O) groups excluding carboxylic acids is 1. The zero-order valence-corrected chi connectivity index (χ0v) is 15.3. The lowest BCUT2D eigenvalue weighted by molar-refractivity contribution is 0.102. The summed E-state index contributed by atoms with van der Waals surface area (Å²) < 4.78 is 5.27. The molecule has 2 aromatic carbocycles. The third-order valence-corrected chi connectivity index (χ3v) is 4.62. The van der Waals surface area contributed by atoms with Crippen molar-refractivity contribution in [2.75, 3.05) is 12.4 Å². The number of carbonyl (C=O) groups is 1.